The van der Waals surface area contributed by atoms with Gasteiger partial charge in [-0.1, -0.05) is 37.3 Å². The van der Waals surface area contributed by atoms with Gasteiger partial charge in [0, 0.05) is 25.2 Å². The molecule has 30 heavy (non-hydrogen) atoms. The molecular weight excluding hydrogens is 376 g/mol. The van der Waals surface area contributed by atoms with Gasteiger partial charge >= 0.3 is 0 Å². The Hall–Kier alpha value is -2.89. The van der Waals surface area contributed by atoms with Crippen LogP contribution in [0.5, 0.6) is 0 Å². The molecule has 1 aliphatic rings. The molecule has 0 bridgehead atoms. The zero-order chi connectivity index (χ0) is 21.3. The molecule has 1 aromatic carbocycles. The van der Waals surface area contributed by atoms with Crippen LogP contribution in [-0.4, -0.2) is 35.5 Å². The van der Waals surface area contributed by atoms with Crippen LogP contribution in [0.25, 0.3) is 11.1 Å². The number of carbonyl (C=O) groups is 1. The van der Waals surface area contributed by atoms with Gasteiger partial charge in [0.1, 0.15) is 17.4 Å². The van der Waals surface area contributed by atoms with E-state index in [4.69, 9.17) is 9.40 Å². The standard InChI is InChI=1S/C24H30N4O2/c1-15(19-9-6-5-7-10-19)13-25-23(29)20-11-8-12-28(14-20)22-21-16(2)17(3)30-24(21)27-18(4)26-22/h5-7,9-10,15,20H,8,11-14H2,1-4H3,(H,25,29)/t15-,20+/m0/s1. The number of fused-ring (bicyclic) bond motifs is 1. The van der Waals surface area contributed by atoms with E-state index in [1.165, 1.54) is 5.56 Å². The highest BCUT2D eigenvalue weighted by molar-refractivity contribution is 5.90. The number of piperidine rings is 1. The summed E-state index contributed by atoms with van der Waals surface area (Å²) in [5.74, 6) is 2.82. The fraction of sp³-hybridized carbons (Fsp3) is 0.458. The molecule has 0 aliphatic carbocycles. The van der Waals surface area contributed by atoms with E-state index in [0.29, 0.717) is 24.6 Å². The molecule has 0 saturated carbocycles. The maximum absolute atomic E-state index is 12.9. The lowest BCUT2D eigenvalue weighted by atomic mass is 9.96. The number of anilines is 1. The van der Waals surface area contributed by atoms with Crippen molar-refractivity contribution < 1.29 is 9.21 Å². The lowest BCUT2D eigenvalue weighted by Gasteiger charge is -2.33. The SMILES string of the molecule is Cc1nc(N2CCC[C@@H](C(=O)NC[C@H](C)c3ccccc3)C2)c2c(C)c(C)oc2n1. The molecule has 1 N–H and O–H groups in total. The van der Waals surface area contributed by atoms with Crippen LogP contribution in [0, 0.1) is 26.7 Å². The Morgan fingerprint density at radius 1 is 1.23 bits per heavy atom. The minimum Gasteiger partial charge on any atom is -0.443 e. The van der Waals surface area contributed by atoms with E-state index in [0.717, 1.165) is 41.9 Å². The molecule has 0 unspecified atom stereocenters. The van der Waals surface area contributed by atoms with Crippen molar-refractivity contribution in [2.45, 2.75) is 46.5 Å². The number of aromatic nitrogens is 2. The Balaban J connectivity index is 1.47. The third kappa shape index (κ3) is 4.04. The number of hydrogen-bond donors (Lipinski definition) is 1. The van der Waals surface area contributed by atoms with Gasteiger partial charge < -0.3 is 14.6 Å². The fourth-order valence-corrected chi connectivity index (χ4v) is 4.24. The molecule has 6 heteroatoms. The van der Waals surface area contributed by atoms with Gasteiger partial charge in [0.15, 0.2) is 0 Å². The van der Waals surface area contributed by atoms with E-state index in [1.54, 1.807) is 0 Å². The monoisotopic (exact) mass is 406 g/mol. The second-order valence-corrected chi connectivity index (χ2v) is 8.40. The number of furan rings is 1. The molecule has 1 saturated heterocycles. The normalized spacial score (nSPS) is 17.9. The third-order valence-electron chi connectivity index (χ3n) is 6.16. The minimum absolute atomic E-state index is 0.0413. The Morgan fingerprint density at radius 2 is 2.00 bits per heavy atom. The first-order valence-corrected chi connectivity index (χ1v) is 10.8. The van der Waals surface area contributed by atoms with E-state index < -0.39 is 0 Å². The molecule has 1 fully saturated rings. The zero-order valence-electron chi connectivity index (χ0n) is 18.2. The van der Waals surface area contributed by atoms with Gasteiger partial charge in [-0.25, -0.2) is 4.98 Å². The molecule has 1 aliphatic heterocycles. The largest absolute Gasteiger partial charge is 0.443 e. The maximum Gasteiger partial charge on any atom is 0.231 e. The van der Waals surface area contributed by atoms with Crippen molar-refractivity contribution in [3.63, 3.8) is 0 Å². The number of nitrogens with zero attached hydrogens (tertiary/aromatic N) is 3. The molecule has 0 radical (unpaired) electrons. The summed E-state index contributed by atoms with van der Waals surface area (Å²) in [5.41, 5.74) is 2.95. The first-order valence-electron chi connectivity index (χ1n) is 10.8. The van der Waals surface area contributed by atoms with Crippen molar-refractivity contribution >= 4 is 22.8 Å². The van der Waals surface area contributed by atoms with Crippen LogP contribution in [-0.2, 0) is 4.79 Å². The van der Waals surface area contributed by atoms with Crippen LogP contribution < -0.4 is 10.2 Å². The van der Waals surface area contributed by atoms with Gasteiger partial charge in [0.05, 0.1) is 11.3 Å². The maximum atomic E-state index is 12.9. The average molecular weight is 407 g/mol. The summed E-state index contributed by atoms with van der Waals surface area (Å²) in [5, 5.41) is 4.14. The van der Waals surface area contributed by atoms with Gasteiger partial charge in [-0.2, -0.15) is 4.98 Å². The Labute approximate surface area is 177 Å². The lowest BCUT2D eigenvalue weighted by molar-refractivity contribution is -0.125. The van der Waals surface area contributed by atoms with Crippen molar-refractivity contribution in [1.29, 1.82) is 0 Å². The molecule has 6 nitrogen and oxygen atoms in total. The van der Waals surface area contributed by atoms with Crippen molar-refractivity contribution in [2.75, 3.05) is 24.5 Å². The molecule has 3 aromatic rings. The molecule has 3 heterocycles. The van der Waals surface area contributed by atoms with E-state index in [2.05, 4.69) is 34.3 Å². The van der Waals surface area contributed by atoms with Crippen molar-refractivity contribution in [2.24, 2.45) is 5.92 Å². The number of aryl methyl sites for hydroxylation is 3. The first kappa shape index (κ1) is 20.4. The van der Waals surface area contributed by atoms with E-state index in [9.17, 15) is 4.79 Å². The topological polar surface area (TPSA) is 71.3 Å². The molecular formula is C24H30N4O2. The van der Waals surface area contributed by atoms with Crippen molar-refractivity contribution in [3.8, 4) is 0 Å². The summed E-state index contributed by atoms with van der Waals surface area (Å²) < 4.78 is 5.84. The fourth-order valence-electron chi connectivity index (χ4n) is 4.24. The zero-order valence-corrected chi connectivity index (χ0v) is 18.2. The Morgan fingerprint density at radius 3 is 2.77 bits per heavy atom. The van der Waals surface area contributed by atoms with Crippen LogP contribution in [0.4, 0.5) is 5.82 Å². The van der Waals surface area contributed by atoms with Gasteiger partial charge in [0.2, 0.25) is 11.6 Å². The quantitative estimate of drug-likeness (QED) is 0.685. The average Bonchev–Trinajstić information content (AvgIpc) is 3.05. The number of amides is 1. The van der Waals surface area contributed by atoms with Crippen LogP contribution in [0.3, 0.4) is 0 Å². The predicted octanol–water partition coefficient (Wildman–Crippen LogP) is 4.28. The highest BCUT2D eigenvalue weighted by Crippen LogP contribution is 2.33. The van der Waals surface area contributed by atoms with Gasteiger partial charge in [-0.15, -0.1) is 0 Å². The van der Waals surface area contributed by atoms with Gasteiger partial charge in [-0.05, 0) is 45.1 Å². The predicted molar refractivity (Wildman–Crippen MR) is 119 cm³/mol. The van der Waals surface area contributed by atoms with E-state index >= 15 is 0 Å². The van der Waals surface area contributed by atoms with E-state index in [-0.39, 0.29) is 17.7 Å². The molecule has 2 aromatic heterocycles. The summed E-state index contributed by atoms with van der Waals surface area (Å²) in [6, 6.07) is 10.3. The summed E-state index contributed by atoms with van der Waals surface area (Å²) in [6.07, 6.45) is 1.87. The van der Waals surface area contributed by atoms with Crippen molar-refractivity contribution in [3.05, 3.63) is 53.0 Å². The Bertz CT molecular complexity index is 1040. The number of rotatable bonds is 5. The Kier molecular flexibility index (Phi) is 5.75. The molecule has 0 spiro atoms. The van der Waals surface area contributed by atoms with Crippen LogP contribution in [0.2, 0.25) is 0 Å². The summed E-state index contributed by atoms with van der Waals surface area (Å²) in [7, 11) is 0. The number of carbonyl (C=O) groups excluding carboxylic acids is 1. The minimum atomic E-state index is -0.0413. The molecule has 4 rings (SSSR count). The second kappa shape index (κ2) is 8.46. The van der Waals surface area contributed by atoms with Crippen molar-refractivity contribution in [1.82, 2.24) is 15.3 Å². The van der Waals surface area contributed by atoms with Crippen LogP contribution in [0.1, 0.15) is 48.4 Å². The molecule has 158 valence electrons. The smallest absolute Gasteiger partial charge is 0.231 e. The van der Waals surface area contributed by atoms with E-state index in [1.807, 2.05) is 39.0 Å². The number of hydrogen-bond acceptors (Lipinski definition) is 5. The van der Waals surface area contributed by atoms with Gasteiger partial charge in [-0.3, -0.25) is 4.79 Å². The molecule has 1 amide bonds. The van der Waals surface area contributed by atoms with Gasteiger partial charge in [0.25, 0.3) is 0 Å². The number of benzene rings is 1. The highest BCUT2D eigenvalue weighted by atomic mass is 16.3. The third-order valence-corrected chi connectivity index (χ3v) is 6.16. The molecule has 2 atom stereocenters. The number of nitrogens with one attached hydrogen (secondary N) is 1. The first-order chi connectivity index (χ1) is 14.4. The summed E-state index contributed by atoms with van der Waals surface area (Å²) in [4.78, 5) is 24.3. The highest BCUT2D eigenvalue weighted by Gasteiger charge is 2.29. The second-order valence-electron chi connectivity index (χ2n) is 8.40. The van der Waals surface area contributed by atoms with Crippen LogP contribution in [0.15, 0.2) is 34.7 Å². The summed E-state index contributed by atoms with van der Waals surface area (Å²) in [6.45, 7) is 10.2. The lowest BCUT2D eigenvalue weighted by Crippen LogP contribution is -2.44. The van der Waals surface area contributed by atoms with Crippen LogP contribution >= 0.6 is 0 Å². The summed E-state index contributed by atoms with van der Waals surface area (Å²) >= 11 is 0.